The first-order valence-electron chi connectivity index (χ1n) is 13.2. The molecule has 0 aromatic rings. The van der Waals surface area contributed by atoms with Crippen molar-refractivity contribution < 1.29 is 29.7 Å². The van der Waals surface area contributed by atoms with E-state index in [0.29, 0.717) is 12.8 Å². The van der Waals surface area contributed by atoms with Crippen LogP contribution in [0.1, 0.15) is 93.9 Å². The summed E-state index contributed by atoms with van der Waals surface area (Å²) in [6.45, 7) is 14.3. The fourth-order valence-electron chi connectivity index (χ4n) is 6.90. The lowest BCUT2D eigenvalue weighted by molar-refractivity contribution is -0.168. The van der Waals surface area contributed by atoms with E-state index in [-0.39, 0.29) is 37.2 Å². The van der Waals surface area contributed by atoms with Crippen LogP contribution in [0.4, 0.5) is 0 Å². The molecule has 2 fully saturated rings. The summed E-state index contributed by atoms with van der Waals surface area (Å²) >= 11 is 0. The van der Waals surface area contributed by atoms with E-state index in [1.807, 2.05) is 39.8 Å². The molecule has 3 N–H and O–H groups in total. The second kappa shape index (κ2) is 9.36. The highest BCUT2D eigenvalue weighted by atomic mass is 16.3. The fourth-order valence-corrected chi connectivity index (χ4v) is 6.90. The number of Topliss-reactive ketones (excluding diaryl/α,β-unsaturated/α-hetero) is 3. The van der Waals surface area contributed by atoms with Crippen LogP contribution >= 0.6 is 0 Å². The van der Waals surface area contributed by atoms with E-state index in [9.17, 15) is 29.7 Å². The third-order valence-corrected chi connectivity index (χ3v) is 8.98. The zero-order chi connectivity index (χ0) is 27.4. The van der Waals surface area contributed by atoms with Crippen molar-refractivity contribution in [3.8, 4) is 0 Å². The zero-order valence-corrected chi connectivity index (χ0v) is 23.2. The third-order valence-electron chi connectivity index (χ3n) is 8.98. The van der Waals surface area contributed by atoms with Gasteiger partial charge in [-0.05, 0) is 91.9 Å². The van der Waals surface area contributed by atoms with E-state index in [0.717, 1.165) is 11.1 Å². The highest BCUT2D eigenvalue weighted by Crippen LogP contribution is 2.63. The lowest BCUT2D eigenvalue weighted by atomic mass is 9.48. The molecule has 0 aromatic carbocycles. The lowest BCUT2D eigenvalue weighted by Gasteiger charge is -2.55. The average Bonchev–Trinajstić information content (AvgIpc) is 3.07. The van der Waals surface area contributed by atoms with Crippen molar-refractivity contribution in [1.29, 1.82) is 0 Å². The van der Waals surface area contributed by atoms with Gasteiger partial charge in [-0.25, -0.2) is 0 Å². The molecule has 0 saturated heterocycles. The Labute approximate surface area is 215 Å². The van der Waals surface area contributed by atoms with E-state index < -0.39 is 57.0 Å². The number of carbonyl (C=O) groups excluding carboxylic acids is 3. The summed E-state index contributed by atoms with van der Waals surface area (Å²) in [5.74, 6) is -3.36. The first kappa shape index (κ1) is 28.5. The van der Waals surface area contributed by atoms with Crippen molar-refractivity contribution in [3.63, 3.8) is 0 Å². The molecule has 3 aliphatic rings. The van der Waals surface area contributed by atoms with Gasteiger partial charge in [-0.2, -0.15) is 0 Å². The van der Waals surface area contributed by atoms with Crippen molar-refractivity contribution in [2.24, 2.45) is 28.6 Å². The molecule has 0 heterocycles. The summed E-state index contributed by atoms with van der Waals surface area (Å²) in [5.41, 5.74) is -4.13. The number of rotatable bonds is 6. The Balaban J connectivity index is 2.37. The first-order valence-corrected chi connectivity index (χ1v) is 13.2. The Morgan fingerprint density at radius 1 is 0.972 bits per heavy atom. The number of aliphatic hydroxyl groups is 3. The predicted molar refractivity (Wildman–Crippen MR) is 139 cm³/mol. The maximum absolute atomic E-state index is 14.7. The van der Waals surface area contributed by atoms with Gasteiger partial charge in [0.1, 0.15) is 16.7 Å². The summed E-state index contributed by atoms with van der Waals surface area (Å²) in [6.07, 6.45) is 4.99. The lowest BCUT2D eigenvalue weighted by Crippen LogP contribution is -2.62. The molecule has 1 spiro atoms. The van der Waals surface area contributed by atoms with Crippen LogP contribution in [-0.4, -0.2) is 43.9 Å². The van der Waals surface area contributed by atoms with Gasteiger partial charge in [-0.15, -0.1) is 0 Å². The molecular weight excluding hydrogens is 456 g/mol. The normalized spacial score (nSPS) is 35.8. The minimum atomic E-state index is -1.63. The second-order valence-electron chi connectivity index (χ2n) is 12.9. The molecule has 2 saturated carbocycles. The summed E-state index contributed by atoms with van der Waals surface area (Å²) < 4.78 is 0. The van der Waals surface area contributed by atoms with E-state index >= 15 is 0 Å². The van der Waals surface area contributed by atoms with Gasteiger partial charge in [0.05, 0.1) is 16.6 Å². The van der Waals surface area contributed by atoms with Crippen LogP contribution in [0.5, 0.6) is 0 Å². The summed E-state index contributed by atoms with van der Waals surface area (Å²) in [4.78, 5) is 42.3. The largest absolute Gasteiger partial charge is 0.510 e. The topological polar surface area (TPSA) is 112 Å². The second-order valence-corrected chi connectivity index (χ2v) is 12.9. The minimum absolute atomic E-state index is 0.0878. The number of carbonyl (C=O) groups is 3. The Morgan fingerprint density at radius 3 is 1.97 bits per heavy atom. The van der Waals surface area contributed by atoms with Gasteiger partial charge in [0, 0.05) is 5.92 Å². The molecule has 3 aliphatic carbocycles. The van der Waals surface area contributed by atoms with Crippen LogP contribution < -0.4 is 0 Å². The average molecular weight is 501 g/mol. The van der Waals surface area contributed by atoms with Crippen LogP contribution in [0.25, 0.3) is 0 Å². The Hall–Kier alpha value is -2.05. The van der Waals surface area contributed by atoms with Crippen molar-refractivity contribution in [2.75, 3.05) is 0 Å². The molecule has 200 valence electrons. The summed E-state index contributed by atoms with van der Waals surface area (Å²) in [5, 5.41) is 34.6. The molecule has 0 aromatic heterocycles. The summed E-state index contributed by atoms with van der Waals surface area (Å²) in [7, 11) is 0. The highest BCUT2D eigenvalue weighted by Gasteiger charge is 2.69. The van der Waals surface area contributed by atoms with E-state index in [4.69, 9.17) is 0 Å². The Kier molecular flexibility index (Phi) is 7.41. The minimum Gasteiger partial charge on any atom is -0.510 e. The molecule has 6 heteroatoms. The monoisotopic (exact) mass is 500 g/mol. The number of aliphatic hydroxyl groups excluding tert-OH is 1. The van der Waals surface area contributed by atoms with Crippen molar-refractivity contribution in [1.82, 2.24) is 0 Å². The molecule has 5 atom stereocenters. The smallest absolute Gasteiger partial charge is 0.184 e. The molecule has 36 heavy (non-hydrogen) atoms. The zero-order valence-electron chi connectivity index (χ0n) is 23.2. The maximum Gasteiger partial charge on any atom is 0.184 e. The molecule has 0 aliphatic heterocycles. The third kappa shape index (κ3) is 4.45. The van der Waals surface area contributed by atoms with Crippen molar-refractivity contribution in [3.05, 3.63) is 34.6 Å². The number of ketones is 3. The van der Waals surface area contributed by atoms with Gasteiger partial charge in [0.15, 0.2) is 17.3 Å². The molecule has 0 unspecified atom stereocenters. The fraction of sp³-hybridized carbons (Fsp3) is 0.700. The number of hydrogen-bond donors (Lipinski definition) is 3. The van der Waals surface area contributed by atoms with Crippen LogP contribution in [-0.2, 0) is 14.4 Å². The molecule has 0 amide bonds. The van der Waals surface area contributed by atoms with Crippen LogP contribution in [0.15, 0.2) is 34.6 Å². The molecular formula is C30H44O6. The SMILES string of the molecule is CC(C)=CCC1(CC=C(C)C)C(=O)C(C(=O)C(C)C)=C(O)[C@]2(C[C@H]3[C@@H](CC[C@@]3(C)O)[C@](C)(O)C2)C1=O. The summed E-state index contributed by atoms with van der Waals surface area (Å²) in [6, 6.07) is 0. The van der Waals surface area contributed by atoms with E-state index in [1.165, 1.54) is 0 Å². The Bertz CT molecular complexity index is 1030. The predicted octanol–water partition coefficient (Wildman–Crippen LogP) is 5.18. The van der Waals surface area contributed by atoms with Crippen molar-refractivity contribution in [2.45, 2.75) is 105 Å². The van der Waals surface area contributed by atoms with Gasteiger partial charge in [0.25, 0.3) is 0 Å². The van der Waals surface area contributed by atoms with Crippen LogP contribution in [0.3, 0.4) is 0 Å². The number of fused-ring (bicyclic) bond motifs is 1. The standard InChI is InChI=1S/C30H44O6/c1-17(2)9-13-29(14-10-18(3)4)24(32)22(23(31)19(5)6)25(33)30(26(29)34)15-21-20(28(8,36)16-30)11-12-27(21,7)35/h9-10,19-21,33,35-36H,11-16H2,1-8H3/t20-,21+,27-,28-,30-/m1/s1. The molecule has 3 rings (SSSR count). The maximum atomic E-state index is 14.7. The van der Waals surface area contributed by atoms with E-state index in [2.05, 4.69) is 0 Å². The number of hydrogen-bond acceptors (Lipinski definition) is 6. The van der Waals surface area contributed by atoms with Gasteiger partial charge < -0.3 is 15.3 Å². The molecule has 6 nitrogen and oxygen atoms in total. The molecule has 0 radical (unpaired) electrons. The van der Waals surface area contributed by atoms with Gasteiger partial charge >= 0.3 is 0 Å². The van der Waals surface area contributed by atoms with Gasteiger partial charge in [0.2, 0.25) is 0 Å². The molecule has 0 bridgehead atoms. The van der Waals surface area contributed by atoms with E-state index in [1.54, 1.807) is 27.7 Å². The highest BCUT2D eigenvalue weighted by molar-refractivity contribution is 6.31. The van der Waals surface area contributed by atoms with Crippen LogP contribution in [0, 0.1) is 28.6 Å². The van der Waals surface area contributed by atoms with Gasteiger partial charge in [-0.1, -0.05) is 37.1 Å². The quantitative estimate of drug-likeness (QED) is 0.263. The first-order chi connectivity index (χ1) is 16.4. The van der Waals surface area contributed by atoms with Crippen LogP contribution in [0.2, 0.25) is 0 Å². The number of allylic oxidation sites excluding steroid dienone is 6. The van der Waals surface area contributed by atoms with Crippen molar-refractivity contribution >= 4 is 17.3 Å². The Morgan fingerprint density at radius 2 is 1.50 bits per heavy atom. The van der Waals surface area contributed by atoms with Gasteiger partial charge in [-0.3, -0.25) is 14.4 Å².